The summed E-state index contributed by atoms with van der Waals surface area (Å²) in [6.07, 6.45) is 13.9. The number of anilines is 2. The SMILES string of the molecule is O=C(CCCCCCN(c1cncnc1)c1cnccn1)NO. The van der Waals surface area contributed by atoms with Gasteiger partial charge in [-0.3, -0.25) is 15.0 Å². The number of amides is 1. The summed E-state index contributed by atoms with van der Waals surface area (Å²) in [5.41, 5.74) is 2.51. The van der Waals surface area contributed by atoms with Gasteiger partial charge in [0.05, 0.1) is 24.3 Å². The van der Waals surface area contributed by atoms with Crippen LogP contribution in [0.3, 0.4) is 0 Å². The first kappa shape index (κ1) is 16.8. The molecule has 0 spiro atoms. The van der Waals surface area contributed by atoms with Gasteiger partial charge in [0.15, 0.2) is 5.82 Å². The number of unbranched alkanes of at least 4 members (excludes halogenated alkanes) is 3. The largest absolute Gasteiger partial charge is 0.322 e. The number of rotatable bonds is 9. The Kier molecular flexibility index (Phi) is 6.86. The molecule has 0 aliphatic rings. The second kappa shape index (κ2) is 9.42. The zero-order valence-corrected chi connectivity index (χ0v) is 12.8. The molecule has 23 heavy (non-hydrogen) atoms. The number of hydrogen-bond donors (Lipinski definition) is 2. The van der Waals surface area contributed by atoms with Gasteiger partial charge >= 0.3 is 0 Å². The summed E-state index contributed by atoms with van der Waals surface area (Å²) in [5.74, 6) is 0.412. The molecule has 0 aromatic carbocycles. The molecule has 0 saturated heterocycles. The fourth-order valence-electron chi connectivity index (χ4n) is 2.20. The van der Waals surface area contributed by atoms with Crippen LogP contribution in [0.5, 0.6) is 0 Å². The Morgan fingerprint density at radius 1 is 1.04 bits per heavy atom. The Bertz CT molecular complexity index is 542. The van der Waals surface area contributed by atoms with Gasteiger partial charge < -0.3 is 4.90 Å². The molecule has 0 atom stereocenters. The van der Waals surface area contributed by atoms with Crippen LogP contribution < -0.4 is 10.4 Å². The summed E-state index contributed by atoms with van der Waals surface area (Å²) >= 11 is 0. The highest BCUT2D eigenvalue weighted by molar-refractivity contribution is 5.74. The minimum Gasteiger partial charge on any atom is -0.322 e. The molecule has 122 valence electrons. The van der Waals surface area contributed by atoms with Crippen LogP contribution in [0.2, 0.25) is 0 Å². The van der Waals surface area contributed by atoms with Crippen molar-refractivity contribution in [2.45, 2.75) is 32.1 Å². The van der Waals surface area contributed by atoms with E-state index in [9.17, 15) is 4.79 Å². The number of hydrogen-bond acceptors (Lipinski definition) is 7. The van der Waals surface area contributed by atoms with Gasteiger partial charge in [-0.05, 0) is 12.8 Å². The van der Waals surface area contributed by atoms with Gasteiger partial charge in [-0.2, -0.15) is 0 Å². The molecule has 8 heteroatoms. The van der Waals surface area contributed by atoms with Crippen LogP contribution in [-0.2, 0) is 4.79 Å². The second-order valence-corrected chi connectivity index (χ2v) is 5.01. The highest BCUT2D eigenvalue weighted by Crippen LogP contribution is 2.21. The minimum absolute atomic E-state index is 0.340. The van der Waals surface area contributed by atoms with Crippen molar-refractivity contribution in [2.75, 3.05) is 11.4 Å². The highest BCUT2D eigenvalue weighted by Gasteiger charge is 2.11. The number of aromatic nitrogens is 4. The number of nitrogens with zero attached hydrogens (tertiary/aromatic N) is 5. The van der Waals surface area contributed by atoms with Gasteiger partial charge in [0.25, 0.3) is 0 Å². The lowest BCUT2D eigenvalue weighted by molar-refractivity contribution is -0.129. The van der Waals surface area contributed by atoms with E-state index in [-0.39, 0.29) is 5.91 Å². The zero-order chi connectivity index (χ0) is 16.3. The van der Waals surface area contributed by atoms with Crippen LogP contribution in [0.4, 0.5) is 11.5 Å². The van der Waals surface area contributed by atoms with E-state index in [2.05, 4.69) is 19.9 Å². The molecule has 0 saturated carbocycles. The van der Waals surface area contributed by atoms with Crippen molar-refractivity contribution < 1.29 is 10.0 Å². The van der Waals surface area contributed by atoms with Crippen molar-refractivity contribution in [3.05, 3.63) is 37.3 Å². The molecular weight excluding hydrogens is 296 g/mol. The smallest absolute Gasteiger partial charge is 0.243 e. The molecule has 8 nitrogen and oxygen atoms in total. The van der Waals surface area contributed by atoms with E-state index in [0.717, 1.165) is 43.7 Å². The molecule has 2 N–H and O–H groups in total. The molecule has 2 heterocycles. The first-order valence-corrected chi connectivity index (χ1v) is 7.53. The number of carbonyl (C=O) groups is 1. The standard InChI is InChI=1S/C15H20N6O2/c22-15(20-23)5-3-1-2-4-8-21(13-9-17-12-18-10-13)14-11-16-6-7-19-14/h6-7,9-12,23H,1-5,8H2,(H,20,22). The molecule has 0 unspecified atom stereocenters. The minimum atomic E-state index is -0.340. The average Bonchev–Trinajstić information content (AvgIpc) is 2.62. The van der Waals surface area contributed by atoms with Gasteiger partial charge in [0.1, 0.15) is 6.33 Å². The van der Waals surface area contributed by atoms with Crippen LogP contribution >= 0.6 is 0 Å². The van der Waals surface area contributed by atoms with Crippen LogP contribution in [0, 0.1) is 0 Å². The maximum Gasteiger partial charge on any atom is 0.243 e. The van der Waals surface area contributed by atoms with Crippen molar-refractivity contribution in [1.29, 1.82) is 0 Å². The van der Waals surface area contributed by atoms with Gasteiger partial charge in [0, 0.05) is 25.4 Å². The summed E-state index contributed by atoms with van der Waals surface area (Å²) in [4.78, 5) is 29.5. The van der Waals surface area contributed by atoms with Gasteiger partial charge in [-0.15, -0.1) is 0 Å². The first-order chi connectivity index (χ1) is 11.3. The quantitative estimate of drug-likeness (QED) is 0.413. The maximum absolute atomic E-state index is 10.9. The second-order valence-electron chi connectivity index (χ2n) is 5.01. The molecule has 2 rings (SSSR count). The van der Waals surface area contributed by atoms with E-state index >= 15 is 0 Å². The van der Waals surface area contributed by atoms with Crippen molar-refractivity contribution in [3.8, 4) is 0 Å². The summed E-state index contributed by atoms with van der Waals surface area (Å²) in [6, 6.07) is 0. The fraction of sp³-hybridized carbons (Fsp3) is 0.400. The van der Waals surface area contributed by atoms with Crippen LogP contribution in [0.25, 0.3) is 0 Å². The summed E-state index contributed by atoms with van der Waals surface area (Å²) < 4.78 is 0. The van der Waals surface area contributed by atoms with Crippen molar-refractivity contribution >= 4 is 17.4 Å². The molecule has 2 aromatic rings. The van der Waals surface area contributed by atoms with E-state index in [4.69, 9.17) is 5.21 Å². The topological polar surface area (TPSA) is 104 Å². The van der Waals surface area contributed by atoms with Crippen molar-refractivity contribution in [1.82, 2.24) is 25.4 Å². The molecule has 1 amide bonds. The van der Waals surface area contributed by atoms with Crippen molar-refractivity contribution in [3.63, 3.8) is 0 Å². The normalized spacial score (nSPS) is 10.3. The third kappa shape index (κ3) is 5.59. The molecule has 0 bridgehead atoms. The Balaban J connectivity index is 1.86. The zero-order valence-electron chi connectivity index (χ0n) is 12.8. The first-order valence-electron chi connectivity index (χ1n) is 7.53. The average molecular weight is 316 g/mol. The predicted molar refractivity (Wildman–Crippen MR) is 84.1 cm³/mol. The number of hydroxylamine groups is 1. The number of nitrogens with one attached hydrogen (secondary N) is 1. The Labute approximate surface area is 134 Å². The maximum atomic E-state index is 10.9. The summed E-state index contributed by atoms with van der Waals surface area (Å²) in [6.45, 7) is 0.762. The van der Waals surface area contributed by atoms with Gasteiger partial charge in [-0.25, -0.2) is 20.4 Å². The van der Waals surface area contributed by atoms with E-state index in [1.807, 2.05) is 4.90 Å². The molecule has 0 radical (unpaired) electrons. The van der Waals surface area contributed by atoms with Crippen LogP contribution in [0.1, 0.15) is 32.1 Å². The molecule has 0 aliphatic heterocycles. The molecular formula is C15H20N6O2. The monoisotopic (exact) mass is 316 g/mol. The lowest BCUT2D eigenvalue weighted by atomic mass is 10.1. The van der Waals surface area contributed by atoms with E-state index in [1.54, 1.807) is 36.5 Å². The predicted octanol–water partition coefficient (Wildman–Crippen LogP) is 1.86. The Hall–Kier alpha value is -2.61. The van der Waals surface area contributed by atoms with Gasteiger partial charge in [0.2, 0.25) is 5.91 Å². The molecule has 2 aromatic heterocycles. The molecule has 0 fully saturated rings. The summed E-state index contributed by atoms with van der Waals surface area (Å²) in [7, 11) is 0. The van der Waals surface area contributed by atoms with Crippen LogP contribution in [0.15, 0.2) is 37.3 Å². The van der Waals surface area contributed by atoms with E-state index in [0.29, 0.717) is 6.42 Å². The summed E-state index contributed by atoms with van der Waals surface area (Å²) in [5, 5.41) is 8.43. The van der Waals surface area contributed by atoms with Crippen molar-refractivity contribution in [2.24, 2.45) is 0 Å². The molecule has 0 aliphatic carbocycles. The Morgan fingerprint density at radius 3 is 2.52 bits per heavy atom. The fourth-order valence-corrected chi connectivity index (χ4v) is 2.20. The van der Waals surface area contributed by atoms with Gasteiger partial charge in [-0.1, -0.05) is 12.8 Å². The number of carbonyl (C=O) groups excluding carboxylic acids is 1. The van der Waals surface area contributed by atoms with Crippen LogP contribution in [-0.4, -0.2) is 37.6 Å². The van der Waals surface area contributed by atoms with E-state index < -0.39 is 0 Å². The third-order valence-electron chi connectivity index (χ3n) is 3.34. The Morgan fingerprint density at radius 2 is 1.83 bits per heavy atom. The lowest BCUT2D eigenvalue weighted by Gasteiger charge is -2.22. The third-order valence-corrected chi connectivity index (χ3v) is 3.34. The van der Waals surface area contributed by atoms with E-state index in [1.165, 1.54) is 6.33 Å². The highest BCUT2D eigenvalue weighted by atomic mass is 16.5. The lowest BCUT2D eigenvalue weighted by Crippen LogP contribution is -2.20.